The van der Waals surface area contributed by atoms with Crippen LogP contribution in [-0.2, 0) is 4.74 Å². The summed E-state index contributed by atoms with van der Waals surface area (Å²) >= 11 is 0. The molecular weight excluding hydrogens is 318 g/mol. The Kier molecular flexibility index (Phi) is 5.86. The molecule has 2 N–H and O–H groups in total. The van der Waals surface area contributed by atoms with Crippen molar-refractivity contribution in [1.29, 1.82) is 0 Å². The molecule has 0 radical (unpaired) electrons. The van der Waals surface area contributed by atoms with E-state index in [0.29, 0.717) is 12.1 Å². The van der Waals surface area contributed by atoms with Crippen molar-refractivity contribution in [3.63, 3.8) is 0 Å². The number of amides is 1. The van der Waals surface area contributed by atoms with E-state index in [0.717, 1.165) is 62.6 Å². The fraction of sp³-hybridized carbons (Fsp3) is 0.722. The number of rotatable bonds is 4. The standard InChI is InChI=1S/C18H29N5O2/c1-12-13(2)20-16(18(24)19-3)22-17(12)23-8-6-15(11-23)21-14-5-4-9-25-10-7-14/h14-15,21H,4-11H2,1-3H3,(H,19,24)/t14?,15-/m1/s1. The second-order valence-corrected chi connectivity index (χ2v) is 7.00. The lowest BCUT2D eigenvalue weighted by Gasteiger charge is -2.23. The number of aromatic nitrogens is 2. The first-order valence-corrected chi connectivity index (χ1v) is 9.24. The molecule has 1 amide bonds. The molecule has 3 rings (SSSR count). The molecule has 138 valence electrons. The lowest BCUT2D eigenvalue weighted by molar-refractivity contribution is 0.0952. The molecule has 1 unspecified atom stereocenters. The Morgan fingerprint density at radius 1 is 1.16 bits per heavy atom. The fourth-order valence-corrected chi connectivity index (χ4v) is 3.63. The highest BCUT2D eigenvalue weighted by Gasteiger charge is 2.28. The second kappa shape index (κ2) is 8.10. The molecular formula is C18H29N5O2. The van der Waals surface area contributed by atoms with Gasteiger partial charge in [0.1, 0.15) is 5.82 Å². The van der Waals surface area contributed by atoms with Crippen LogP contribution in [0, 0.1) is 13.8 Å². The third kappa shape index (κ3) is 4.27. The van der Waals surface area contributed by atoms with Crippen molar-refractivity contribution in [3.8, 4) is 0 Å². The van der Waals surface area contributed by atoms with Crippen LogP contribution in [0.3, 0.4) is 0 Å². The molecule has 7 heteroatoms. The lowest BCUT2D eigenvalue weighted by Crippen LogP contribution is -2.40. The van der Waals surface area contributed by atoms with E-state index in [1.807, 2.05) is 13.8 Å². The van der Waals surface area contributed by atoms with E-state index < -0.39 is 0 Å². The smallest absolute Gasteiger partial charge is 0.288 e. The molecule has 0 bridgehead atoms. The van der Waals surface area contributed by atoms with Gasteiger partial charge in [-0.15, -0.1) is 0 Å². The molecule has 0 aliphatic carbocycles. The highest BCUT2D eigenvalue weighted by atomic mass is 16.5. The predicted molar refractivity (Wildman–Crippen MR) is 97.1 cm³/mol. The van der Waals surface area contributed by atoms with E-state index >= 15 is 0 Å². The number of anilines is 1. The van der Waals surface area contributed by atoms with E-state index in [1.54, 1.807) is 7.05 Å². The average molecular weight is 347 g/mol. The first-order chi connectivity index (χ1) is 12.1. The minimum atomic E-state index is -0.239. The maximum Gasteiger partial charge on any atom is 0.288 e. The van der Waals surface area contributed by atoms with Crippen LogP contribution in [0.4, 0.5) is 5.82 Å². The minimum absolute atomic E-state index is 0.239. The van der Waals surface area contributed by atoms with Crippen molar-refractivity contribution in [2.75, 3.05) is 38.3 Å². The third-order valence-corrected chi connectivity index (χ3v) is 5.20. The zero-order chi connectivity index (χ0) is 17.8. The summed E-state index contributed by atoms with van der Waals surface area (Å²) in [5.41, 5.74) is 1.91. The summed E-state index contributed by atoms with van der Waals surface area (Å²) < 4.78 is 5.55. The molecule has 2 fully saturated rings. The van der Waals surface area contributed by atoms with Crippen LogP contribution in [0.1, 0.15) is 47.6 Å². The van der Waals surface area contributed by atoms with Gasteiger partial charge in [0.2, 0.25) is 5.82 Å². The van der Waals surface area contributed by atoms with Crippen LogP contribution < -0.4 is 15.5 Å². The van der Waals surface area contributed by atoms with Gasteiger partial charge in [-0.25, -0.2) is 9.97 Å². The molecule has 2 saturated heterocycles. The van der Waals surface area contributed by atoms with Crippen molar-refractivity contribution < 1.29 is 9.53 Å². The van der Waals surface area contributed by atoms with Gasteiger partial charge in [-0.3, -0.25) is 4.79 Å². The van der Waals surface area contributed by atoms with E-state index in [4.69, 9.17) is 4.74 Å². The van der Waals surface area contributed by atoms with Gasteiger partial charge in [0, 0.05) is 56.7 Å². The highest BCUT2D eigenvalue weighted by Crippen LogP contribution is 2.24. The molecule has 0 spiro atoms. The minimum Gasteiger partial charge on any atom is -0.381 e. The molecule has 1 aromatic heterocycles. The van der Waals surface area contributed by atoms with Crippen molar-refractivity contribution in [1.82, 2.24) is 20.6 Å². The molecule has 0 aromatic carbocycles. The zero-order valence-corrected chi connectivity index (χ0v) is 15.5. The number of ether oxygens (including phenoxy) is 1. The largest absolute Gasteiger partial charge is 0.381 e. The van der Waals surface area contributed by atoms with Gasteiger partial charge >= 0.3 is 0 Å². The first-order valence-electron chi connectivity index (χ1n) is 9.24. The van der Waals surface area contributed by atoms with Crippen molar-refractivity contribution >= 4 is 11.7 Å². The summed E-state index contributed by atoms with van der Waals surface area (Å²) in [4.78, 5) is 23.1. The van der Waals surface area contributed by atoms with Crippen molar-refractivity contribution in [2.45, 2.75) is 51.6 Å². The van der Waals surface area contributed by atoms with E-state index in [2.05, 4.69) is 25.5 Å². The summed E-state index contributed by atoms with van der Waals surface area (Å²) in [5.74, 6) is 0.897. The van der Waals surface area contributed by atoms with Crippen LogP contribution in [0.15, 0.2) is 0 Å². The highest BCUT2D eigenvalue weighted by molar-refractivity contribution is 5.90. The van der Waals surface area contributed by atoms with Crippen LogP contribution in [0.5, 0.6) is 0 Å². The number of nitrogens with zero attached hydrogens (tertiary/aromatic N) is 3. The monoisotopic (exact) mass is 347 g/mol. The maximum absolute atomic E-state index is 11.9. The van der Waals surface area contributed by atoms with Crippen LogP contribution in [-0.4, -0.2) is 61.3 Å². The molecule has 25 heavy (non-hydrogen) atoms. The Balaban J connectivity index is 1.68. The van der Waals surface area contributed by atoms with Crippen LogP contribution in [0.2, 0.25) is 0 Å². The van der Waals surface area contributed by atoms with E-state index in [-0.39, 0.29) is 11.7 Å². The van der Waals surface area contributed by atoms with Crippen molar-refractivity contribution in [2.24, 2.45) is 0 Å². The summed E-state index contributed by atoms with van der Waals surface area (Å²) in [5, 5.41) is 6.40. The topological polar surface area (TPSA) is 79.4 Å². The third-order valence-electron chi connectivity index (χ3n) is 5.20. The van der Waals surface area contributed by atoms with Gasteiger partial charge < -0.3 is 20.3 Å². The summed E-state index contributed by atoms with van der Waals surface area (Å²) in [7, 11) is 1.60. The fourth-order valence-electron chi connectivity index (χ4n) is 3.63. The summed E-state index contributed by atoms with van der Waals surface area (Å²) in [6, 6.07) is 1.00. The number of carbonyl (C=O) groups excluding carboxylic acids is 1. The van der Waals surface area contributed by atoms with Gasteiger partial charge in [0.15, 0.2) is 0 Å². The van der Waals surface area contributed by atoms with Gasteiger partial charge in [0.25, 0.3) is 5.91 Å². The Morgan fingerprint density at radius 2 is 2.00 bits per heavy atom. The molecule has 2 aliphatic rings. The van der Waals surface area contributed by atoms with Gasteiger partial charge in [-0.2, -0.15) is 0 Å². The Hall–Kier alpha value is -1.73. The SMILES string of the molecule is CNC(=O)c1nc(C)c(C)c(N2CC[C@@H](NC3CCCOCC3)C2)n1. The molecule has 7 nitrogen and oxygen atoms in total. The number of aryl methyl sites for hydroxylation is 1. The number of hydrogen-bond donors (Lipinski definition) is 2. The predicted octanol–water partition coefficient (Wildman–Crippen LogP) is 1.19. The lowest BCUT2D eigenvalue weighted by atomic mass is 10.1. The van der Waals surface area contributed by atoms with Crippen molar-refractivity contribution in [3.05, 3.63) is 17.1 Å². The Morgan fingerprint density at radius 3 is 2.80 bits per heavy atom. The molecule has 3 heterocycles. The van der Waals surface area contributed by atoms with Crippen LogP contribution in [0.25, 0.3) is 0 Å². The maximum atomic E-state index is 11.9. The Bertz CT molecular complexity index is 614. The van der Waals surface area contributed by atoms with Gasteiger partial charge in [-0.1, -0.05) is 0 Å². The normalized spacial score (nSPS) is 24.2. The zero-order valence-electron chi connectivity index (χ0n) is 15.5. The molecule has 0 saturated carbocycles. The number of nitrogens with one attached hydrogen (secondary N) is 2. The second-order valence-electron chi connectivity index (χ2n) is 7.00. The summed E-state index contributed by atoms with van der Waals surface area (Å²) in [6.07, 6.45) is 4.49. The molecule has 2 aliphatic heterocycles. The average Bonchev–Trinajstić information content (AvgIpc) is 2.91. The quantitative estimate of drug-likeness (QED) is 0.852. The van der Waals surface area contributed by atoms with Gasteiger partial charge in [-0.05, 0) is 39.5 Å². The number of carbonyl (C=O) groups is 1. The molecule has 1 aromatic rings. The van der Waals surface area contributed by atoms with E-state index in [1.165, 1.54) is 6.42 Å². The van der Waals surface area contributed by atoms with Gasteiger partial charge in [0.05, 0.1) is 0 Å². The summed E-state index contributed by atoms with van der Waals surface area (Å²) in [6.45, 7) is 7.57. The first kappa shape index (κ1) is 18.1. The number of hydrogen-bond acceptors (Lipinski definition) is 6. The van der Waals surface area contributed by atoms with Crippen LogP contribution >= 0.6 is 0 Å². The molecule has 2 atom stereocenters. The van der Waals surface area contributed by atoms with E-state index in [9.17, 15) is 4.79 Å². The Labute approximate surface area is 149 Å².